The summed E-state index contributed by atoms with van der Waals surface area (Å²) in [5.74, 6) is -0.774. The molecular formula is C18H16ClN5O3. The van der Waals surface area contributed by atoms with Crippen LogP contribution < -0.4 is 11.1 Å². The van der Waals surface area contributed by atoms with Crippen molar-refractivity contribution in [3.63, 3.8) is 0 Å². The molecule has 0 aliphatic carbocycles. The molecule has 0 radical (unpaired) electrons. The quantitative estimate of drug-likeness (QED) is 0.420. The molecule has 0 bridgehead atoms. The molecule has 9 heteroatoms. The predicted octanol–water partition coefficient (Wildman–Crippen LogP) is 3.79. The standard InChI is InChI=1S/C11H8N4O3.C7H8ClN/c16-11(17)8-7(2-4-18-8)15-10-6-1-3-12-9(6)13-5-14-10;8-7-3-1-2-6(4-7)5-9/h1-5H,(H,16,17)(H2,12,13,14,15);1-4H,5,9H2. The van der Waals surface area contributed by atoms with Gasteiger partial charge in [0, 0.05) is 23.8 Å². The van der Waals surface area contributed by atoms with E-state index in [-0.39, 0.29) is 5.76 Å². The van der Waals surface area contributed by atoms with Gasteiger partial charge in [-0.2, -0.15) is 0 Å². The maximum atomic E-state index is 10.9. The van der Waals surface area contributed by atoms with Crippen molar-refractivity contribution in [2.24, 2.45) is 5.73 Å². The van der Waals surface area contributed by atoms with Crippen molar-refractivity contribution in [1.29, 1.82) is 0 Å². The first kappa shape index (κ1) is 18.4. The average molecular weight is 386 g/mol. The first-order valence-corrected chi connectivity index (χ1v) is 8.26. The van der Waals surface area contributed by atoms with E-state index in [1.165, 1.54) is 18.7 Å². The number of aromatic nitrogens is 3. The zero-order valence-corrected chi connectivity index (χ0v) is 14.8. The number of carbonyl (C=O) groups is 1. The second-order valence-electron chi connectivity index (χ2n) is 5.39. The molecule has 8 nitrogen and oxygen atoms in total. The van der Waals surface area contributed by atoms with E-state index >= 15 is 0 Å². The molecule has 27 heavy (non-hydrogen) atoms. The van der Waals surface area contributed by atoms with Crippen LogP contribution in [-0.2, 0) is 6.54 Å². The third-order valence-corrected chi connectivity index (χ3v) is 3.83. The van der Waals surface area contributed by atoms with E-state index in [1.807, 2.05) is 24.3 Å². The lowest BCUT2D eigenvalue weighted by Gasteiger charge is -2.04. The van der Waals surface area contributed by atoms with Crippen LogP contribution in [-0.4, -0.2) is 26.0 Å². The molecule has 5 N–H and O–H groups in total. The van der Waals surface area contributed by atoms with E-state index in [0.29, 0.717) is 23.7 Å². The SMILES string of the molecule is NCc1cccc(Cl)c1.O=C(O)c1occc1Nc1ncnc2[nH]ccc12. The molecule has 3 heterocycles. The van der Waals surface area contributed by atoms with E-state index in [4.69, 9.17) is 26.9 Å². The molecule has 0 saturated heterocycles. The lowest BCUT2D eigenvalue weighted by molar-refractivity contribution is 0.0664. The van der Waals surface area contributed by atoms with E-state index in [2.05, 4.69) is 20.3 Å². The number of carboxylic acids is 1. The second-order valence-corrected chi connectivity index (χ2v) is 5.83. The average Bonchev–Trinajstić information content (AvgIpc) is 3.32. The number of hydrogen-bond acceptors (Lipinski definition) is 6. The minimum Gasteiger partial charge on any atom is -0.475 e. The van der Waals surface area contributed by atoms with Gasteiger partial charge in [-0.05, 0) is 23.8 Å². The highest BCUT2D eigenvalue weighted by atomic mass is 35.5. The van der Waals surface area contributed by atoms with Gasteiger partial charge < -0.3 is 25.6 Å². The Labute approximate surface area is 159 Å². The number of fused-ring (bicyclic) bond motifs is 1. The molecule has 0 spiro atoms. The van der Waals surface area contributed by atoms with Gasteiger partial charge >= 0.3 is 5.97 Å². The van der Waals surface area contributed by atoms with Crippen LogP contribution in [0.5, 0.6) is 0 Å². The Morgan fingerprint density at radius 1 is 1.30 bits per heavy atom. The molecular weight excluding hydrogens is 370 g/mol. The number of rotatable bonds is 4. The molecule has 4 aromatic rings. The highest BCUT2D eigenvalue weighted by Gasteiger charge is 2.15. The van der Waals surface area contributed by atoms with Crippen LogP contribution >= 0.6 is 11.6 Å². The fourth-order valence-corrected chi connectivity index (χ4v) is 2.55. The zero-order valence-electron chi connectivity index (χ0n) is 14.0. The lowest BCUT2D eigenvalue weighted by atomic mass is 10.2. The predicted molar refractivity (Wildman–Crippen MR) is 102 cm³/mol. The number of halogens is 1. The van der Waals surface area contributed by atoms with Gasteiger partial charge in [-0.3, -0.25) is 0 Å². The first-order chi connectivity index (χ1) is 13.1. The van der Waals surface area contributed by atoms with Crippen molar-refractivity contribution < 1.29 is 14.3 Å². The molecule has 0 aliphatic rings. The number of H-pyrrole nitrogens is 1. The third kappa shape index (κ3) is 4.43. The van der Waals surface area contributed by atoms with Gasteiger partial charge in [0.2, 0.25) is 5.76 Å². The Hall–Kier alpha value is -3.36. The second kappa shape index (κ2) is 8.35. The number of nitrogens with one attached hydrogen (secondary N) is 2. The Morgan fingerprint density at radius 2 is 2.15 bits per heavy atom. The molecule has 0 amide bonds. The van der Waals surface area contributed by atoms with E-state index in [0.717, 1.165) is 16.0 Å². The lowest BCUT2D eigenvalue weighted by Crippen LogP contribution is -2.01. The molecule has 0 fully saturated rings. The van der Waals surface area contributed by atoms with Crippen LogP contribution in [0.3, 0.4) is 0 Å². The van der Waals surface area contributed by atoms with Crippen LogP contribution in [0.1, 0.15) is 16.1 Å². The Morgan fingerprint density at radius 3 is 2.85 bits per heavy atom. The Kier molecular flexibility index (Phi) is 5.70. The minimum atomic E-state index is -1.14. The number of aromatic carboxylic acids is 1. The summed E-state index contributed by atoms with van der Waals surface area (Å²) in [6.07, 6.45) is 4.43. The van der Waals surface area contributed by atoms with E-state index in [9.17, 15) is 4.79 Å². The maximum absolute atomic E-state index is 10.9. The van der Waals surface area contributed by atoms with E-state index in [1.54, 1.807) is 12.3 Å². The summed E-state index contributed by atoms with van der Waals surface area (Å²) in [5.41, 5.74) is 7.46. The van der Waals surface area contributed by atoms with Gasteiger partial charge in [0.15, 0.2) is 0 Å². The van der Waals surface area contributed by atoms with Crippen LogP contribution in [0.2, 0.25) is 5.02 Å². The van der Waals surface area contributed by atoms with Gasteiger partial charge in [0.1, 0.15) is 17.8 Å². The number of aromatic amines is 1. The van der Waals surface area contributed by atoms with Crippen LogP contribution in [0.25, 0.3) is 11.0 Å². The fourth-order valence-electron chi connectivity index (χ4n) is 2.34. The van der Waals surface area contributed by atoms with Gasteiger partial charge in [-0.25, -0.2) is 14.8 Å². The first-order valence-electron chi connectivity index (χ1n) is 7.89. The Bertz CT molecular complexity index is 1060. The van der Waals surface area contributed by atoms with Crippen molar-refractivity contribution in [2.75, 3.05) is 5.32 Å². The number of furan rings is 1. The van der Waals surface area contributed by atoms with Gasteiger partial charge in [-0.15, -0.1) is 0 Å². The molecule has 138 valence electrons. The highest BCUT2D eigenvalue weighted by Crippen LogP contribution is 2.25. The molecule has 4 rings (SSSR count). The van der Waals surface area contributed by atoms with E-state index < -0.39 is 5.97 Å². The highest BCUT2D eigenvalue weighted by molar-refractivity contribution is 6.30. The molecule has 0 atom stereocenters. The molecule has 3 aromatic heterocycles. The summed E-state index contributed by atoms with van der Waals surface area (Å²) in [6, 6.07) is 10.9. The van der Waals surface area contributed by atoms with Gasteiger partial charge in [-0.1, -0.05) is 23.7 Å². The fraction of sp³-hybridized carbons (Fsp3) is 0.0556. The van der Waals surface area contributed by atoms with Crippen molar-refractivity contribution in [2.45, 2.75) is 6.54 Å². The van der Waals surface area contributed by atoms with Gasteiger partial charge in [0.05, 0.1) is 17.3 Å². The van der Waals surface area contributed by atoms with Crippen LogP contribution in [0.4, 0.5) is 11.5 Å². The summed E-state index contributed by atoms with van der Waals surface area (Å²) in [6.45, 7) is 0.556. The topological polar surface area (TPSA) is 130 Å². The third-order valence-electron chi connectivity index (χ3n) is 3.59. The number of anilines is 2. The summed E-state index contributed by atoms with van der Waals surface area (Å²) in [4.78, 5) is 22.0. The molecule has 0 unspecified atom stereocenters. The maximum Gasteiger partial charge on any atom is 0.374 e. The van der Waals surface area contributed by atoms with Crippen LogP contribution in [0, 0.1) is 0 Å². The number of nitrogens with zero attached hydrogens (tertiary/aromatic N) is 2. The monoisotopic (exact) mass is 385 g/mol. The number of nitrogens with two attached hydrogens (primary N) is 1. The number of benzene rings is 1. The minimum absolute atomic E-state index is 0.155. The van der Waals surface area contributed by atoms with Crippen molar-refractivity contribution in [3.05, 3.63) is 71.5 Å². The van der Waals surface area contributed by atoms with Crippen molar-refractivity contribution in [1.82, 2.24) is 15.0 Å². The molecule has 1 aromatic carbocycles. The smallest absolute Gasteiger partial charge is 0.374 e. The summed E-state index contributed by atoms with van der Waals surface area (Å²) < 4.78 is 4.88. The van der Waals surface area contributed by atoms with Crippen LogP contribution in [0.15, 0.2) is 59.6 Å². The molecule has 0 aliphatic heterocycles. The largest absolute Gasteiger partial charge is 0.475 e. The Balaban J connectivity index is 0.000000197. The van der Waals surface area contributed by atoms with Crippen molar-refractivity contribution in [3.8, 4) is 0 Å². The number of carboxylic acid groups (broad SMARTS) is 1. The van der Waals surface area contributed by atoms with Crippen molar-refractivity contribution >= 4 is 40.1 Å². The summed E-state index contributed by atoms with van der Waals surface area (Å²) in [5, 5.41) is 13.4. The summed E-state index contributed by atoms with van der Waals surface area (Å²) >= 11 is 5.67. The van der Waals surface area contributed by atoms with Gasteiger partial charge in [0.25, 0.3) is 0 Å². The normalized spacial score (nSPS) is 10.3. The summed E-state index contributed by atoms with van der Waals surface area (Å²) in [7, 11) is 0. The molecule has 0 saturated carbocycles. The number of hydrogen-bond donors (Lipinski definition) is 4. The zero-order chi connectivity index (χ0) is 19.2.